The molecule has 0 amide bonds. The molecule has 0 atom stereocenters. The Morgan fingerprint density at radius 3 is 2.33 bits per heavy atom. The van der Waals surface area contributed by atoms with E-state index in [-0.39, 0.29) is 5.02 Å². The summed E-state index contributed by atoms with van der Waals surface area (Å²) in [6, 6.07) is 6.60. The Labute approximate surface area is 124 Å². The Kier molecular flexibility index (Phi) is 4.55. The molecule has 0 bridgehead atoms. The van der Waals surface area contributed by atoms with Gasteiger partial charge in [0.2, 0.25) is 10.0 Å². The van der Waals surface area contributed by atoms with E-state index >= 15 is 0 Å². The molecule has 1 N–H and O–H groups in total. The highest BCUT2D eigenvalue weighted by atomic mass is 35.5. The molecule has 2 aromatic carbocycles. The van der Waals surface area contributed by atoms with Gasteiger partial charge < -0.3 is 0 Å². The van der Waals surface area contributed by atoms with Gasteiger partial charge in [-0.2, -0.15) is 0 Å². The number of nitrogens with one attached hydrogen (secondary N) is 1. The number of hydrogen-bond donors (Lipinski definition) is 1. The highest BCUT2D eigenvalue weighted by molar-refractivity contribution is 7.89. The number of benzene rings is 2. The molecule has 0 spiro atoms. The fourth-order valence-corrected chi connectivity index (χ4v) is 2.89. The van der Waals surface area contributed by atoms with Crippen molar-refractivity contribution in [2.24, 2.45) is 0 Å². The van der Waals surface area contributed by atoms with E-state index in [2.05, 4.69) is 0 Å². The van der Waals surface area contributed by atoms with Crippen LogP contribution in [0.4, 0.5) is 13.2 Å². The van der Waals surface area contributed by atoms with Gasteiger partial charge in [0.25, 0.3) is 0 Å². The van der Waals surface area contributed by atoms with Crippen LogP contribution in [0, 0.1) is 17.5 Å². The quantitative estimate of drug-likeness (QED) is 0.872. The van der Waals surface area contributed by atoms with E-state index in [0.717, 1.165) is 24.3 Å². The largest absolute Gasteiger partial charge is 0.243 e. The summed E-state index contributed by atoms with van der Waals surface area (Å²) in [4.78, 5) is -0.604. The van der Waals surface area contributed by atoms with Gasteiger partial charge in [0, 0.05) is 12.1 Å². The van der Waals surface area contributed by atoms with Crippen molar-refractivity contribution in [3.8, 4) is 0 Å². The first-order valence-corrected chi connectivity index (χ1v) is 7.55. The van der Waals surface area contributed by atoms with Crippen LogP contribution < -0.4 is 4.72 Å². The fraction of sp³-hybridized carbons (Fsp3) is 0.0769. The molecule has 0 unspecified atom stereocenters. The van der Waals surface area contributed by atoms with Crippen LogP contribution in [0.25, 0.3) is 0 Å². The lowest BCUT2D eigenvalue weighted by Gasteiger charge is -2.09. The second kappa shape index (κ2) is 6.05. The van der Waals surface area contributed by atoms with E-state index in [1.807, 2.05) is 4.72 Å². The molecule has 2 rings (SSSR count). The number of rotatable bonds is 4. The van der Waals surface area contributed by atoms with Gasteiger partial charge in [-0.25, -0.2) is 26.3 Å². The monoisotopic (exact) mass is 335 g/mol. The molecule has 0 aliphatic heterocycles. The molecule has 2 aromatic rings. The van der Waals surface area contributed by atoms with Crippen LogP contribution in [0.3, 0.4) is 0 Å². The summed E-state index contributed by atoms with van der Waals surface area (Å²) in [6.45, 7) is -0.686. The molecular weight excluding hydrogens is 327 g/mol. The number of hydrogen-bond acceptors (Lipinski definition) is 2. The maximum atomic E-state index is 13.6. The molecule has 0 fully saturated rings. The summed E-state index contributed by atoms with van der Waals surface area (Å²) >= 11 is 5.50. The first kappa shape index (κ1) is 15.8. The maximum absolute atomic E-state index is 13.6. The normalized spacial score (nSPS) is 11.6. The zero-order valence-corrected chi connectivity index (χ0v) is 12.0. The Morgan fingerprint density at radius 1 is 1.00 bits per heavy atom. The number of sulfonamides is 1. The summed E-state index contributed by atoms with van der Waals surface area (Å²) in [5.41, 5.74) is -0.539. The summed E-state index contributed by atoms with van der Waals surface area (Å²) in [7, 11) is -4.24. The van der Waals surface area contributed by atoms with Crippen molar-refractivity contribution in [2.45, 2.75) is 11.4 Å². The van der Waals surface area contributed by atoms with E-state index in [4.69, 9.17) is 11.6 Å². The van der Waals surface area contributed by atoms with Crippen LogP contribution in [0.1, 0.15) is 5.56 Å². The molecule has 8 heteroatoms. The second-order valence-electron chi connectivity index (χ2n) is 4.08. The molecule has 112 valence electrons. The highest BCUT2D eigenvalue weighted by Crippen LogP contribution is 2.22. The van der Waals surface area contributed by atoms with Gasteiger partial charge >= 0.3 is 0 Å². The van der Waals surface area contributed by atoms with Crippen molar-refractivity contribution in [3.05, 3.63) is 64.4 Å². The molecule has 0 saturated carbocycles. The smallest absolute Gasteiger partial charge is 0.207 e. The third-order valence-electron chi connectivity index (χ3n) is 2.70. The van der Waals surface area contributed by atoms with Crippen molar-refractivity contribution in [1.82, 2.24) is 4.72 Å². The minimum Gasteiger partial charge on any atom is -0.207 e. The molecule has 21 heavy (non-hydrogen) atoms. The Hall–Kier alpha value is -1.57. The van der Waals surface area contributed by atoms with Crippen molar-refractivity contribution in [3.63, 3.8) is 0 Å². The lowest BCUT2D eigenvalue weighted by Crippen LogP contribution is -2.25. The van der Waals surface area contributed by atoms with Crippen LogP contribution >= 0.6 is 11.6 Å². The van der Waals surface area contributed by atoms with E-state index in [1.54, 1.807) is 0 Å². The zero-order valence-electron chi connectivity index (χ0n) is 10.4. The minimum absolute atomic E-state index is 0.337. The van der Waals surface area contributed by atoms with Crippen LogP contribution in [0.2, 0.25) is 5.02 Å². The molecular formula is C13H9ClF3NO2S. The van der Waals surface area contributed by atoms with Gasteiger partial charge in [0.05, 0.1) is 5.02 Å². The zero-order chi connectivity index (χ0) is 15.6. The van der Waals surface area contributed by atoms with Gasteiger partial charge in [-0.05, 0) is 24.3 Å². The van der Waals surface area contributed by atoms with Crippen molar-refractivity contribution >= 4 is 21.6 Å². The first-order chi connectivity index (χ1) is 9.83. The third kappa shape index (κ3) is 3.37. The first-order valence-electron chi connectivity index (χ1n) is 5.69. The van der Waals surface area contributed by atoms with Gasteiger partial charge in [0.1, 0.15) is 22.3 Å². The maximum Gasteiger partial charge on any atom is 0.243 e. The van der Waals surface area contributed by atoms with Crippen molar-refractivity contribution in [2.75, 3.05) is 0 Å². The van der Waals surface area contributed by atoms with E-state index < -0.39 is 44.5 Å². The Bertz CT molecular complexity index is 781. The molecule has 0 saturated heterocycles. The summed E-state index contributed by atoms with van der Waals surface area (Å²) in [6.07, 6.45) is 0. The van der Waals surface area contributed by atoms with Crippen LogP contribution in [-0.4, -0.2) is 8.42 Å². The van der Waals surface area contributed by atoms with Crippen LogP contribution in [-0.2, 0) is 16.6 Å². The molecule has 0 heterocycles. The third-order valence-corrected chi connectivity index (χ3v) is 4.43. The predicted octanol–water partition coefficient (Wildman–Crippen LogP) is 3.24. The minimum atomic E-state index is -4.24. The molecule has 3 nitrogen and oxygen atoms in total. The summed E-state index contributed by atoms with van der Waals surface area (Å²) in [5.74, 6) is -2.97. The van der Waals surface area contributed by atoms with Crippen LogP contribution in [0.5, 0.6) is 0 Å². The van der Waals surface area contributed by atoms with E-state index in [9.17, 15) is 21.6 Å². The molecule has 0 radical (unpaired) electrons. The van der Waals surface area contributed by atoms with Crippen molar-refractivity contribution < 1.29 is 21.6 Å². The van der Waals surface area contributed by atoms with E-state index in [1.165, 1.54) is 12.1 Å². The van der Waals surface area contributed by atoms with Gasteiger partial charge in [0.15, 0.2) is 0 Å². The lowest BCUT2D eigenvalue weighted by molar-refractivity contribution is 0.539. The number of halogens is 4. The average Bonchev–Trinajstić information content (AvgIpc) is 2.43. The standard InChI is InChI=1S/C13H9ClF3NO2S/c14-9-5-6-10(15)8(13(9)17)7-18-21(19,20)12-4-2-1-3-11(12)16/h1-6,18H,7H2. The molecule has 0 aliphatic rings. The summed E-state index contributed by atoms with van der Waals surface area (Å²) in [5, 5.41) is -0.337. The van der Waals surface area contributed by atoms with Crippen LogP contribution in [0.15, 0.2) is 41.3 Å². The molecule has 0 aromatic heterocycles. The predicted molar refractivity (Wildman–Crippen MR) is 71.8 cm³/mol. The highest BCUT2D eigenvalue weighted by Gasteiger charge is 2.20. The van der Waals surface area contributed by atoms with Crippen molar-refractivity contribution in [1.29, 1.82) is 0 Å². The van der Waals surface area contributed by atoms with Gasteiger partial charge in [-0.3, -0.25) is 0 Å². The topological polar surface area (TPSA) is 46.2 Å². The lowest BCUT2D eigenvalue weighted by atomic mass is 10.2. The molecule has 0 aliphatic carbocycles. The summed E-state index contributed by atoms with van der Waals surface area (Å²) < 4.78 is 66.3. The SMILES string of the molecule is O=S(=O)(NCc1c(F)ccc(Cl)c1F)c1ccccc1F. The average molecular weight is 336 g/mol. The second-order valence-corrected chi connectivity index (χ2v) is 6.22. The van der Waals surface area contributed by atoms with Gasteiger partial charge in [-0.15, -0.1) is 0 Å². The Morgan fingerprint density at radius 2 is 1.67 bits per heavy atom. The van der Waals surface area contributed by atoms with Gasteiger partial charge in [-0.1, -0.05) is 23.7 Å². The fourth-order valence-electron chi connectivity index (χ4n) is 1.64. The Balaban J connectivity index is 2.28. The van der Waals surface area contributed by atoms with E-state index in [0.29, 0.717) is 0 Å².